The zero-order chi connectivity index (χ0) is 30.0. The van der Waals surface area contributed by atoms with Crippen molar-refractivity contribution in [3.8, 4) is 11.1 Å². The summed E-state index contributed by atoms with van der Waals surface area (Å²) in [5.41, 5.74) is 3.30. The molecule has 3 N–H and O–H groups in total. The second kappa shape index (κ2) is 12.3. The number of hydrogen-bond donors (Lipinski definition) is 3. The Labute approximate surface area is 243 Å². The van der Waals surface area contributed by atoms with Crippen molar-refractivity contribution in [3.63, 3.8) is 0 Å². The molecule has 2 aromatic carbocycles. The van der Waals surface area contributed by atoms with Gasteiger partial charge in [0.15, 0.2) is 0 Å². The average Bonchev–Trinajstić information content (AvgIpc) is 3.16. The number of nitrogens with one attached hydrogen (secondary N) is 1. The van der Waals surface area contributed by atoms with Gasteiger partial charge in [-0.05, 0) is 61.4 Å². The fraction of sp³-hybridized carbons (Fsp3) is 0.419. The molecule has 0 aliphatic carbocycles. The molecule has 2 aliphatic heterocycles. The largest absolute Gasteiger partial charge is 0.394 e. The van der Waals surface area contributed by atoms with Gasteiger partial charge in [-0.15, -0.1) is 0 Å². The number of fused-ring (bicyclic) bond motifs is 1. The minimum absolute atomic E-state index is 0.0103. The minimum atomic E-state index is -1.31. The van der Waals surface area contributed by atoms with Crippen LogP contribution in [0.3, 0.4) is 0 Å². The Morgan fingerprint density at radius 3 is 2.48 bits per heavy atom. The number of carbonyl (C=O) groups is 2. The van der Waals surface area contributed by atoms with Gasteiger partial charge in [0.05, 0.1) is 24.8 Å². The van der Waals surface area contributed by atoms with Crippen molar-refractivity contribution in [1.82, 2.24) is 18.9 Å². The molecule has 0 saturated carbocycles. The molecule has 1 fully saturated rings. The lowest BCUT2D eigenvalue weighted by atomic mass is 9.99. The first-order valence-electron chi connectivity index (χ1n) is 14.3. The number of aliphatic hydroxyl groups excluding tert-OH is 2. The van der Waals surface area contributed by atoms with Crippen LogP contribution in [0.25, 0.3) is 11.1 Å². The number of benzene rings is 2. The van der Waals surface area contributed by atoms with E-state index in [1.54, 1.807) is 11.0 Å². The Morgan fingerprint density at radius 2 is 1.74 bits per heavy atom. The van der Waals surface area contributed by atoms with Crippen molar-refractivity contribution in [2.75, 3.05) is 31.6 Å². The predicted octanol–water partition coefficient (Wildman–Crippen LogP) is 1.73. The molecule has 3 amide bonds. The molecule has 2 aliphatic rings. The smallest absolute Gasteiger partial charge is 0.331 e. The number of nitrogens with zero attached hydrogens (tertiary/aromatic N) is 4. The quantitative estimate of drug-likeness (QED) is 0.393. The number of amides is 3. The van der Waals surface area contributed by atoms with Crippen LogP contribution < -0.4 is 16.6 Å². The lowest BCUT2D eigenvalue weighted by Gasteiger charge is -2.38. The minimum Gasteiger partial charge on any atom is -0.394 e. The highest BCUT2D eigenvalue weighted by molar-refractivity contribution is 5.91. The number of likely N-dealkylation sites (tertiary alicyclic amines) is 1. The molecule has 3 aromatic rings. The highest BCUT2D eigenvalue weighted by Gasteiger charge is 2.31. The van der Waals surface area contributed by atoms with Crippen LogP contribution in [0.5, 0.6) is 0 Å². The second-order valence-electron chi connectivity index (χ2n) is 11.1. The molecule has 222 valence electrons. The van der Waals surface area contributed by atoms with Crippen LogP contribution in [-0.4, -0.2) is 79.5 Å². The standard InChI is InChI=1S/C31H37N5O6/c1-20-6-5-8-25(21(20)2)26-17-34(31(42)36(29(26)40)16-24(38)19-37)18-28(39)33-13-11-23(12-14-33)35-15-10-22-7-3-4-9-27(22)32-30(35)41/h3-9,17,23-24,37-38H,10-16,18-19H2,1-2H3,(H,32,41). The van der Waals surface area contributed by atoms with Crippen LogP contribution in [-0.2, 0) is 24.3 Å². The molecule has 1 saturated heterocycles. The molecule has 0 radical (unpaired) electrons. The van der Waals surface area contributed by atoms with E-state index in [0.717, 1.165) is 33.4 Å². The molecular formula is C31H37N5O6. The Bertz CT molecular complexity index is 1600. The molecule has 1 unspecified atom stereocenters. The molecular weight excluding hydrogens is 538 g/mol. The monoisotopic (exact) mass is 575 g/mol. The second-order valence-corrected chi connectivity index (χ2v) is 11.1. The van der Waals surface area contributed by atoms with E-state index in [1.807, 2.05) is 55.1 Å². The number of urea groups is 1. The summed E-state index contributed by atoms with van der Waals surface area (Å²) in [7, 11) is 0. The maximum Gasteiger partial charge on any atom is 0.331 e. The van der Waals surface area contributed by atoms with Gasteiger partial charge in [0, 0.05) is 37.6 Å². The molecule has 1 atom stereocenters. The highest BCUT2D eigenvalue weighted by Crippen LogP contribution is 2.25. The lowest BCUT2D eigenvalue weighted by Crippen LogP contribution is -2.51. The van der Waals surface area contributed by atoms with E-state index in [2.05, 4.69) is 5.32 Å². The van der Waals surface area contributed by atoms with Crippen molar-refractivity contribution in [3.05, 3.63) is 86.2 Å². The molecule has 0 spiro atoms. The molecule has 5 rings (SSSR count). The van der Waals surface area contributed by atoms with Gasteiger partial charge in [-0.2, -0.15) is 0 Å². The molecule has 42 heavy (non-hydrogen) atoms. The third-order valence-corrected chi connectivity index (χ3v) is 8.44. The Hall–Kier alpha value is -4.22. The normalized spacial score (nSPS) is 16.5. The zero-order valence-corrected chi connectivity index (χ0v) is 24.0. The van der Waals surface area contributed by atoms with Gasteiger partial charge >= 0.3 is 11.7 Å². The predicted molar refractivity (Wildman–Crippen MR) is 158 cm³/mol. The molecule has 1 aromatic heterocycles. The number of anilines is 1. The Kier molecular flexibility index (Phi) is 8.60. The van der Waals surface area contributed by atoms with E-state index >= 15 is 0 Å². The molecule has 0 bridgehead atoms. The SMILES string of the molecule is Cc1cccc(-c2cn(CC(=O)N3CCC(N4CCc5ccccc5NC4=O)CC3)c(=O)n(CC(O)CO)c2=O)c1C. The van der Waals surface area contributed by atoms with E-state index in [-0.39, 0.29) is 30.1 Å². The van der Waals surface area contributed by atoms with Gasteiger partial charge in [-0.3, -0.25) is 18.7 Å². The van der Waals surface area contributed by atoms with E-state index in [0.29, 0.717) is 38.0 Å². The van der Waals surface area contributed by atoms with Gasteiger partial charge in [0.1, 0.15) is 6.54 Å². The van der Waals surface area contributed by atoms with Crippen molar-refractivity contribution in [1.29, 1.82) is 0 Å². The Balaban J connectivity index is 1.33. The maximum atomic E-state index is 13.4. The van der Waals surface area contributed by atoms with Gasteiger partial charge in [-0.1, -0.05) is 36.4 Å². The number of hydrogen-bond acceptors (Lipinski definition) is 6. The van der Waals surface area contributed by atoms with Crippen molar-refractivity contribution in [2.45, 2.75) is 58.3 Å². The van der Waals surface area contributed by atoms with Gasteiger partial charge < -0.3 is 25.3 Å². The maximum absolute atomic E-state index is 13.4. The van der Waals surface area contributed by atoms with Crippen molar-refractivity contribution < 1.29 is 19.8 Å². The van der Waals surface area contributed by atoms with Gasteiger partial charge in [0.2, 0.25) is 5.91 Å². The topological polar surface area (TPSA) is 137 Å². The fourth-order valence-electron chi connectivity index (χ4n) is 5.83. The number of rotatable bonds is 7. The van der Waals surface area contributed by atoms with E-state index in [4.69, 9.17) is 0 Å². The third-order valence-electron chi connectivity index (χ3n) is 8.44. The number of aromatic nitrogens is 2. The van der Waals surface area contributed by atoms with Crippen LogP contribution >= 0.6 is 0 Å². The summed E-state index contributed by atoms with van der Waals surface area (Å²) >= 11 is 0. The van der Waals surface area contributed by atoms with Crippen molar-refractivity contribution >= 4 is 17.6 Å². The summed E-state index contributed by atoms with van der Waals surface area (Å²) < 4.78 is 2.09. The van der Waals surface area contributed by atoms with Crippen LogP contribution in [0.15, 0.2) is 58.3 Å². The molecule has 11 nitrogen and oxygen atoms in total. The van der Waals surface area contributed by atoms with Crippen LogP contribution in [0, 0.1) is 13.8 Å². The third kappa shape index (κ3) is 5.88. The van der Waals surface area contributed by atoms with E-state index < -0.39 is 30.5 Å². The Morgan fingerprint density at radius 1 is 1.00 bits per heavy atom. The summed E-state index contributed by atoms with van der Waals surface area (Å²) in [4.78, 5) is 56.6. The molecule has 11 heteroatoms. The van der Waals surface area contributed by atoms with Crippen LogP contribution in [0.2, 0.25) is 0 Å². The number of piperidine rings is 1. The zero-order valence-electron chi connectivity index (χ0n) is 24.0. The average molecular weight is 576 g/mol. The summed E-state index contributed by atoms with van der Waals surface area (Å²) in [6, 6.07) is 13.2. The number of aliphatic hydroxyl groups is 2. The summed E-state index contributed by atoms with van der Waals surface area (Å²) in [5, 5.41) is 22.4. The first-order valence-corrected chi connectivity index (χ1v) is 14.3. The summed E-state index contributed by atoms with van der Waals surface area (Å²) in [6.45, 7) is 3.97. The summed E-state index contributed by atoms with van der Waals surface area (Å²) in [6.07, 6.45) is 2.08. The van der Waals surface area contributed by atoms with Crippen LogP contribution in [0.4, 0.5) is 10.5 Å². The fourth-order valence-corrected chi connectivity index (χ4v) is 5.83. The number of para-hydroxylation sites is 1. The molecule has 3 heterocycles. The first-order chi connectivity index (χ1) is 20.2. The van der Waals surface area contributed by atoms with Gasteiger partial charge in [-0.25, -0.2) is 9.59 Å². The number of carbonyl (C=O) groups excluding carboxylic acids is 2. The first kappa shape index (κ1) is 29.3. The lowest BCUT2D eigenvalue weighted by molar-refractivity contribution is -0.133. The van der Waals surface area contributed by atoms with E-state index in [9.17, 15) is 29.4 Å². The van der Waals surface area contributed by atoms with Crippen LogP contribution in [0.1, 0.15) is 29.5 Å². The highest BCUT2D eigenvalue weighted by atomic mass is 16.3. The van der Waals surface area contributed by atoms with Gasteiger partial charge in [0.25, 0.3) is 5.56 Å². The number of aryl methyl sites for hydroxylation is 1. The van der Waals surface area contributed by atoms with Crippen molar-refractivity contribution in [2.24, 2.45) is 0 Å². The summed E-state index contributed by atoms with van der Waals surface area (Å²) in [5.74, 6) is -0.275. The van der Waals surface area contributed by atoms with E-state index in [1.165, 1.54) is 10.8 Å².